The number of hydrogen-bond acceptors (Lipinski definition) is 5. The first kappa shape index (κ1) is 15.9. The molecule has 0 fully saturated rings. The Morgan fingerprint density at radius 1 is 1.42 bits per heavy atom. The van der Waals surface area contributed by atoms with E-state index in [2.05, 4.69) is 30.2 Å². The van der Waals surface area contributed by atoms with Gasteiger partial charge in [-0.3, -0.25) is 14.9 Å². The van der Waals surface area contributed by atoms with Crippen LogP contribution in [0.4, 0.5) is 11.5 Å². The van der Waals surface area contributed by atoms with E-state index >= 15 is 0 Å². The molecule has 1 aromatic heterocycles. The van der Waals surface area contributed by atoms with E-state index < -0.39 is 10.8 Å². The average molecular weight is 326 g/mol. The lowest BCUT2D eigenvalue weighted by Crippen LogP contribution is -2.19. The predicted octanol–water partition coefficient (Wildman–Crippen LogP) is 2.92. The van der Waals surface area contributed by atoms with E-state index in [9.17, 15) is 14.9 Å². The molecular weight excluding hydrogens is 308 g/mol. The molecule has 2 aromatic rings. The smallest absolute Gasteiger partial charge is 0.288 e. The van der Waals surface area contributed by atoms with Gasteiger partial charge in [-0.15, -0.1) is 0 Å². The highest BCUT2D eigenvalue weighted by molar-refractivity contribution is 5.98. The second-order valence-electron chi connectivity index (χ2n) is 6.58. The maximum atomic E-state index is 11.7. The quantitative estimate of drug-likeness (QED) is 0.663. The van der Waals surface area contributed by atoms with E-state index in [0.717, 1.165) is 24.2 Å². The van der Waals surface area contributed by atoms with Gasteiger partial charge in [-0.05, 0) is 23.0 Å². The molecule has 0 aliphatic heterocycles. The van der Waals surface area contributed by atoms with Gasteiger partial charge in [0, 0.05) is 6.07 Å². The van der Waals surface area contributed by atoms with Gasteiger partial charge < -0.3 is 11.1 Å². The molecule has 1 unspecified atom stereocenters. The molecule has 1 aliphatic carbocycles. The Morgan fingerprint density at radius 2 is 2.12 bits per heavy atom. The highest BCUT2D eigenvalue weighted by Crippen LogP contribution is 2.45. The van der Waals surface area contributed by atoms with Gasteiger partial charge in [0.15, 0.2) is 0 Å². The largest absolute Gasteiger partial charge is 0.365 e. The first-order valence-corrected chi connectivity index (χ1v) is 7.60. The van der Waals surface area contributed by atoms with Crippen LogP contribution in [0.15, 0.2) is 36.5 Å². The highest BCUT2D eigenvalue weighted by Gasteiger charge is 2.37. The van der Waals surface area contributed by atoms with Crippen molar-refractivity contribution in [2.24, 2.45) is 5.73 Å². The van der Waals surface area contributed by atoms with E-state index in [-0.39, 0.29) is 28.5 Å². The van der Waals surface area contributed by atoms with Crippen LogP contribution in [0.2, 0.25) is 0 Å². The molecule has 3 rings (SSSR count). The number of primary amides is 1. The molecule has 124 valence electrons. The lowest BCUT2D eigenvalue weighted by Gasteiger charge is -2.20. The van der Waals surface area contributed by atoms with Crippen LogP contribution in [-0.4, -0.2) is 15.8 Å². The third-order valence-electron chi connectivity index (χ3n) is 4.44. The molecule has 0 saturated carbocycles. The van der Waals surface area contributed by atoms with Crippen molar-refractivity contribution in [2.75, 3.05) is 5.32 Å². The van der Waals surface area contributed by atoms with Gasteiger partial charge in [0.25, 0.3) is 11.6 Å². The van der Waals surface area contributed by atoms with Crippen LogP contribution in [-0.2, 0) is 5.41 Å². The van der Waals surface area contributed by atoms with Gasteiger partial charge in [-0.25, -0.2) is 4.98 Å². The number of benzene rings is 1. The van der Waals surface area contributed by atoms with Crippen LogP contribution < -0.4 is 11.1 Å². The first-order valence-electron chi connectivity index (χ1n) is 7.60. The van der Waals surface area contributed by atoms with Gasteiger partial charge in [0.05, 0.1) is 16.5 Å². The number of amides is 1. The minimum atomic E-state index is -0.751. The summed E-state index contributed by atoms with van der Waals surface area (Å²) in [4.78, 5) is 26.0. The van der Waals surface area contributed by atoms with Crippen molar-refractivity contribution in [3.8, 4) is 0 Å². The molecule has 1 aliphatic rings. The summed E-state index contributed by atoms with van der Waals surface area (Å²) in [6.07, 6.45) is 1.95. The number of carbonyl (C=O) groups excluding carboxylic acids is 1. The van der Waals surface area contributed by atoms with Crippen molar-refractivity contribution in [1.29, 1.82) is 0 Å². The summed E-state index contributed by atoms with van der Waals surface area (Å²) in [5.41, 5.74) is 7.49. The summed E-state index contributed by atoms with van der Waals surface area (Å²) in [5.74, 6) is -0.482. The summed E-state index contributed by atoms with van der Waals surface area (Å²) in [6, 6.07) is 9.22. The predicted molar refractivity (Wildman–Crippen MR) is 89.9 cm³/mol. The number of anilines is 1. The van der Waals surface area contributed by atoms with Gasteiger partial charge in [-0.1, -0.05) is 38.1 Å². The molecule has 0 spiro atoms. The summed E-state index contributed by atoms with van der Waals surface area (Å²) in [6.45, 7) is 4.32. The zero-order chi connectivity index (χ0) is 17.5. The highest BCUT2D eigenvalue weighted by atomic mass is 16.6. The number of nitrogens with one attached hydrogen (secondary N) is 1. The number of nitro groups is 1. The summed E-state index contributed by atoms with van der Waals surface area (Å²) in [7, 11) is 0. The standard InChI is InChI=1S/C17H18N4O3/c1-17(2)8-14(11-5-3-4-6-13(11)17)20-16-12(15(18)22)7-10(9-19-16)21(23)24/h3-7,9,14H,8H2,1-2H3,(H2,18,22)(H,19,20). The third-order valence-corrected chi connectivity index (χ3v) is 4.44. The normalized spacial score (nSPS) is 18.0. The monoisotopic (exact) mass is 326 g/mol. The fourth-order valence-electron chi connectivity index (χ4n) is 3.30. The molecule has 0 bridgehead atoms. The van der Waals surface area contributed by atoms with Crippen LogP contribution in [0.25, 0.3) is 0 Å². The van der Waals surface area contributed by atoms with Crippen molar-refractivity contribution >= 4 is 17.4 Å². The van der Waals surface area contributed by atoms with Gasteiger partial charge >= 0.3 is 0 Å². The van der Waals surface area contributed by atoms with Crippen LogP contribution in [0.1, 0.15) is 47.8 Å². The number of nitrogens with two attached hydrogens (primary N) is 1. The van der Waals surface area contributed by atoms with E-state index in [1.807, 2.05) is 18.2 Å². The fourth-order valence-corrected chi connectivity index (χ4v) is 3.30. The van der Waals surface area contributed by atoms with E-state index in [0.29, 0.717) is 0 Å². The molecule has 24 heavy (non-hydrogen) atoms. The number of rotatable bonds is 4. The summed E-state index contributed by atoms with van der Waals surface area (Å²) >= 11 is 0. The zero-order valence-corrected chi connectivity index (χ0v) is 13.4. The van der Waals surface area contributed by atoms with Crippen molar-refractivity contribution in [1.82, 2.24) is 4.98 Å². The number of aromatic nitrogens is 1. The molecule has 7 nitrogen and oxygen atoms in total. The molecule has 1 amide bonds. The Balaban J connectivity index is 1.98. The van der Waals surface area contributed by atoms with Crippen LogP contribution >= 0.6 is 0 Å². The van der Waals surface area contributed by atoms with Crippen LogP contribution in [0, 0.1) is 10.1 Å². The number of fused-ring (bicyclic) bond motifs is 1. The van der Waals surface area contributed by atoms with Crippen LogP contribution in [0.3, 0.4) is 0 Å². The molecular formula is C17H18N4O3. The molecule has 1 atom stereocenters. The lowest BCUT2D eigenvalue weighted by molar-refractivity contribution is -0.385. The molecule has 0 radical (unpaired) electrons. The number of pyridine rings is 1. The molecule has 0 saturated heterocycles. The second-order valence-corrected chi connectivity index (χ2v) is 6.58. The third kappa shape index (κ3) is 2.68. The number of nitrogens with zero attached hydrogens (tertiary/aromatic N) is 2. The van der Waals surface area contributed by atoms with Crippen LogP contribution in [0.5, 0.6) is 0 Å². The summed E-state index contributed by atoms with van der Waals surface area (Å²) < 4.78 is 0. The topological polar surface area (TPSA) is 111 Å². The Labute approximate surface area is 139 Å². The molecule has 1 aromatic carbocycles. The van der Waals surface area contributed by atoms with E-state index in [4.69, 9.17) is 5.73 Å². The molecule has 7 heteroatoms. The average Bonchev–Trinajstić information content (AvgIpc) is 2.78. The minimum Gasteiger partial charge on any atom is -0.365 e. The molecule has 1 heterocycles. The van der Waals surface area contributed by atoms with Crippen molar-refractivity contribution in [3.05, 3.63) is 63.3 Å². The minimum absolute atomic E-state index is 0.0120. The van der Waals surface area contributed by atoms with Crippen molar-refractivity contribution < 1.29 is 9.72 Å². The Morgan fingerprint density at radius 3 is 2.79 bits per heavy atom. The van der Waals surface area contributed by atoms with Gasteiger partial charge in [0.1, 0.15) is 12.0 Å². The summed E-state index contributed by atoms with van der Waals surface area (Å²) in [5, 5.41) is 14.1. The fraction of sp³-hybridized carbons (Fsp3) is 0.294. The zero-order valence-electron chi connectivity index (χ0n) is 13.4. The van der Waals surface area contributed by atoms with Gasteiger partial charge in [-0.2, -0.15) is 0 Å². The lowest BCUT2D eigenvalue weighted by atomic mass is 9.86. The maximum absolute atomic E-state index is 11.7. The number of hydrogen-bond donors (Lipinski definition) is 2. The SMILES string of the molecule is CC1(C)CC(Nc2ncc([N+](=O)[O-])cc2C(N)=O)c2ccccc21. The van der Waals surface area contributed by atoms with Crippen molar-refractivity contribution in [2.45, 2.75) is 31.7 Å². The number of carbonyl (C=O) groups is 1. The van der Waals surface area contributed by atoms with Crippen molar-refractivity contribution in [3.63, 3.8) is 0 Å². The van der Waals surface area contributed by atoms with E-state index in [1.54, 1.807) is 0 Å². The Kier molecular flexibility index (Phi) is 3.71. The van der Waals surface area contributed by atoms with Gasteiger partial charge in [0.2, 0.25) is 0 Å². The first-order chi connectivity index (χ1) is 11.3. The Bertz CT molecular complexity index is 832. The maximum Gasteiger partial charge on any atom is 0.288 e. The molecule has 3 N–H and O–H groups in total. The second kappa shape index (κ2) is 5.59. The Hall–Kier alpha value is -2.96. The van der Waals surface area contributed by atoms with E-state index in [1.165, 1.54) is 5.56 Å².